The molecular formula is C37H36F3N7O4. The van der Waals surface area contributed by atoms with Gasteiger partial charge in [0, 0.05) is 49.2 Å². The van der Waals surface area contributed by atoms with Crippen LogP contribution in [0.2, 0.25) is 0 Å². The molecule has 3 atom stereocenters. The maximum atomic E-state index is 14.4. The molecule has 4 aromatic rings. The summed E-state index contributed by atoms with van der Waals surface area (Å²) < 4.78 is 41.9. The Labute approximate surface area is 291 Å². The average molecular weight is 700 g/mol. The van der Waals surface area contributed by atoms with E-state index in [4.69, 9.17) is 4.98 Å². The number of pyridine rings is 2. The molecule has 1 amide bonds. The maximum absolute atomic E-state index is 14.4. The number of allylic oxidation sites excluding steroid dienone is 1. The Balaban J connectivity index is 1.29. The van der Waals surface area contributed by atoms with E-state index in [1.54, 1.807) is 43.3 Å². The second-order valence-electron chi connectivity index (χ2n) is 13.9. The molecule has 6 heterocycles. The minimum Gasteiger partial charge on any atom is -0.327 e. The molecule has 3 aliphatic rings. The van der Waals surface area contributed by atoms with Crippen LogP contribution in [0.25, 0.3) is 28.2 Å². The van der Waals surface area contributed by atoms with Crippen molar-refractivity contribution in [2.75, 3.05) is 0 Å². The lowest BCUT2D eigenvalue weighted by molar-refractivity contribution is -0.141. The summed E-state index contributed by atoms with van der Waals surface area (Å²) in [5, 5.41) is 5.09. The Morgan fingerprint density at radius 2 is 1.80 bits per heavy atom. The molecule has 0 spiro atoms. The zero-order chi connectivity index (χ0) is 36.2. The molecule has 0 unspecified atom stereocenters. The molecule has 1 aliphatic carbocycles. The molecule has 1 saturated heterocycles. The van der Waals surface area contributed by atoms with E-state index in [2.05, 4.69) is 20.1 Å². The van der Waals surface area contributed by atoms with E-state index in [1.165, 1.54) is 17.7 Å². The lowest BCUT2D eigenvalue weighted by Gasteiger charge is -2.27. The van der Waals surface area contributed by atoms with Crippen LogP contribution in [0.3, 0.4) is 0 Å². The van der Waals surface area contributed by atoms with Crippen LogP contribution in [-0.2, 0) is 33.5 Å². The standard InChI is InChI=1S/C37H36F3N7O4/c1-20-9-10-31(37(38,39)40)44-27(20)14-30(50)29-15-36-12-11-24(49)7-5-4-6-8-26-35-25(13-28(43-26)23-17-41-22(3)42-18-23)34(21(2)48)45-46(35)19-33(51)47(29)32(36)16-36/h6,8-10,13,17-18,29,32H,4-5,7,11-12,14-16,19H2,1-3H3/t29-,32+,36-/m0/s1. The fraction of sp³-hybridized carbons (Fsp3) is 0.432. The van der Waals surface area contributed by atoms with E-state index in [9.17, 15) is 32.3 Å². The molecular weight excluding hydrogens is 663 g/mol. The van der Waals surface area contributed by atoms with Crippen LogP contribution < -0.4 is 0 Å². The van der Waals surface area contributed by atoms with Crippen LogP contribution in [-0.4, -0.2) is 70.0 Å². The molecule has 0 N–H and O–H groups in total. The van der Waals surface area contributed by atoms with Gasteiger partial charge in [-0.15, -0.1) is 0 Å². The third-order valence-corrected chi connectivity index (χ3v) is 10.4. The predicted octanol–water partition coefficient (Wildman–Crippen LogP) is 5.84. The number of hydrogen-bond donors (Lipinski definition) is 0. The molecule has 2 fully saturated rings. The quantitative estimate of drug-likeness (QED) is 0.235. The number of halogens is 3. The normalized spacial score (nSPS) is 22.4. The molecule has 11 nitrogen and oxygen atoms in total. The molecule has 4 aromatic heterocycles. The van der Waals surface area contributed by atoms with E-state index in [-0.39, 0.29) is 42.0 Å². The highest BCUT2D eigenvalue weighted by Gasteiger charge is 2.66. The van der Waals surface area contributed by atoms with Gasteiger partial charge in [-0.1, -0.05) is 12.1 Å². The lowest BCUT2D eigenvalue weighted by atomic mass is 9.90. The Hall–Kier alpha value is -5.14. The summed E-state index contributed by atoms with van der Waals surface area (Å²) in [4.78, 5) is 73.0. The first-order valence-electron chi connectivity index (χ1n) is 17.0. The zero-order valence-corrected chi connectivity index (χ0v) is 28.5. The SMILES string of the molecule is CC(=O)c1nn2c3c(nc(-c4cnc(C)nc4)cc13)C=CCCCC(=O)CC[C@@]13C[C@@H](C(=O)Cc4nc(C(F)(F)F)ccc4C)N(C(=O)C2)[C@@H]1C3. The third kappa shape index (κ3) is 6.59. The van der Waals surface area contributed by atoms with Gasteiger partial charge in [0.1, 0.15) is 29.5 Å². The molecule has 1 saturated carbocycles. The zero-order valence-electron chi connectivity index (χ0n) is 28.5. The summed E-state index contributed by atoms with van der Waals surface area (Å²) >= 11 is 0. The summed E-state index contributed by atoms with van der Waals surface area (Å²) in [7, 11) is 0. The number of amides is 1. The lowest BCUT2D eigenvalue weighted by Crippen LogP contribution is -2.45. The number of hydrogen-bond acceptors (Lipinski definition) is 9. The van der Waals surface area contributed by atoms with Crippen molar-refractivity contribution in [3.05, 3.63) is 70.8 Å². The summed E-state index contributed by atoms with van der Waals surface area (Å²) in [5.41, 5.74) is 1.10. The number of aromatic nitrogens is 6. The van der Waals surface area contributed by atoms with E-state index in [1.807, 2.05) is 6.08 Å². The number of piperidine rings is 1. The van der Waals surface area contributed by atoms with Crippen molar-refractivity contribution in [3.63, 3.8) is 0 Å². The Morgan fingerprint density at radius 1 is 1.04 bits per heavy atom. The predicted molar refractivity (Wildman–Crippen MR) is 179 cm³/mol. The van der Waals surface area contributed by atoms with Crippen LogP contribution in [0.1, 0.15) is 90.8 Å². The number of nitrogens with zero attached hydrogens (tertiary/aromatic N) is 7. The first-order chi connectivity index (χ1) is 24.2. The Kier molecular flexibility index (Phi) is 8.67. The first kappa shape index (κ1) is 34.3. The number of Topliss-reactive ketones (excluding diaryl/α,β-unsaturated/α-hetero) is 3. The largest absolute Gasteiger partial charge is 0.433 e. The van der Waals surface area contributed by atoms with Gasteiger partial charge in [-0.2, -0.15) is 18.3 Å². The van der Waals surface area contributed by atoms with Crippen molar-refractivity contribution in [1.29, 1.82) is 0 Å². The van der Waals surface area contributed by atoms with Gasteiger partial charge in [0.15, 0.2) is 11.6 Å². The molecule has 14 heteroatoms. The monoisotopic (exact) mass is 699 g/mol. The van der Waals surface area contributed by atoms with E-state index in [0.29, 0.717) is 84.2 Å². The Bertz CT molecular complexity index is 2120. The van der Waals surface area contributed by atoms with Gasteiger partial charge in [0.25, 0.3) is 0 Å². The topological polar surface area (TPSA) is 141 Å². The van der Waals surface area contributed by atoms with E-state index >= 15 is 0 Å². The molecule has 51 heavy (non-hydrogen) atoms. The van der Waals surface area contributed by atoms with Crippen LogP contribution in [0.5, 0.6) is 0 Å². The van der Waals surface area contributed by atoms with Crippen LogP contribution in [0, 0.1) is 19.3 Å². The van der Waals surface area contributed by atoms with Crippen LogP contribution in [0.15, 0.2) is 36.7 Å². The first-order valence-corrected chi connectivity index (χ1v) is 17.0. The summed E-state index contributed by atoms with van der Waals surface area (Å²) in [5.74, 6) is -0.479. The second-order valence-corrected chi connectivity index (χ2v) is 13.9. The fourth-order valence-corrected chi connectivity index (χ4v) is 7.55. The van der Waals surface area contributed by atoms with Crippen LogP contribution >= 0.6 is 0 Å². The molecule has 2 aliphatic heterocycles. The van der Waals surface area contributed by atoms with Gasteiger partial charge in [-0.3, -0.25) is 23.9 Å². The van der Waals surface area contributed by atoms with Crippen molar-refractivity contribution in [1.82, 2.24) is 34.6 Å². The van der Waals surface area contributed by atoms with E-state index in [0.717, 1.165) is 6.07 Å². The van der Waals surface area contributed by atoms with Crippen molar-refractivity contribution in [2.45, 2.75) is 96.9 Å². The maximum Gasteiger partial charge on any atom is 0.433 e. The second kappa shape index (κ2) is 12.9. The number of aryl methyl sites for hydroxylation is 2. The summed E-state index contributed by atoms with van der Waals surface area (Å²) in [6, 6.07) is 2.67. The minimum absolute atomic E-state index is 0.00636. The van der Waals surface area contributed by atoms with Crippen molar-refractivity contribution < 1.29 is 32.3 Å². The number of alkyl halides is 3. The number of ketones is 3. The van der Waals surface area contributed by atoms with E-state index < -0.39 is 35.0 Å². The highest BCUT2D eigenvalue weighted by atomic mass is 19.4. The fourth-order valence-electron chi connectivity index (χ4n) is 7.55. The molecule has 0 radical (unpaired) electrons. The van der Waals surface area contributed by atoms with Gasteiger partial charge in [0.05, 0.1) is 35.1 Å². The third-order valence-electron chi connectivity index (χ3n) is 10.4. The van der Waals surface area contributed by atoms with Gasteiger partial charge in [0.2, 0.25) is 5.91 Å². The highest BCUT2D eigenvalue weighted by Crippen LogP contribution is 2.62. The van der Waals surface area contributed by atoms with Gasteiger partial charge in [-0.05, 0) is 75.1 Å². The molecule has 264 valence electrons. The average Bonchev–Trinajstić information content (AvgIpc) is 3.49. The molecule has 0 aromatic carbocycles. The Morgan fingerprint density at radius 3 is 2.53 bits per heavy atom. The molecule has 7 rings (SSSR count). The van der Waals surface area contributed by atoms with Crippen molar-refractivity contribution in [3.8, 4) is 11.3 Å². The minimum atomic E-state index is -4.68. The van der Waals surface area contributed by atoms with Crippen LogP contribution in [0.4, 0.5) is 13.2 Å². The van der Waals surface area contributed by atoms with Gasteiger partial charge in [-0.25, -0.2) is 19.9 Å². The smallest absolute Gasteiger partial charge is 0.327 e. The number of rotatable bonds is 5. The van der Waals surface area contributed by atoms with Gasteiger partial charge < -0.3 is 4.90 Å². The number of carbonyl (C=O) groups is 4. The summed E-state index contributed by atoms with van der Waals surface area (Å²) in [6.45, 7) is 4.44. The number of carbonyl (C=O) groups excluding carboxylic acids is 4. The highest BCUT2D eigenvalue weighted by molar-refractivity contribution is 6.07. The van der Waals surface area contributed by atoms with Crippen molar-refractivity contribution in [2.24, 2.45) is 5.41 Å². The van der Waals surface area contributed by atoms with Crippen molar-refractivity contribution >= 4 is 40.2 Å². The summed E-state index contributed by atoms with van der Waals surface area (Å²) in [6.07, 6.45) is 5.25. The van der Waals surface area contributed by atoms with Gasteiger partial charge >= 0.3 is 6.18 Å². The molecule has 2 bridgehead atoms.